The van der Waals surface area contributed by atoms with Gasteiger partial charge in [-0.1, -0.05) is 18.9 Å². The predicted molar refractivity (Wildman–Crippen MR) is 65.4 cm³/mol. The minimum absolute atomic E-state index is 0.117. The van der Waals surface area contributed by atoms with Crippen molar-refractivity contribution in [1.82, 2.24) is 0 Å². The van der Waals surface area contributed by atoms with Crippen LogP contribution in [0, 0.1) is 11.7 Å². The Morgan fingerprint density at radius 2 is 1.94 bits per heavy atom. The third-order valence-corrected chi connectivity index (χ3v) is 4.93. The number of rotatable bonds is 4. The van der Waals surface area contributed by atoms with Crippen molar-refractivity contribution in [2.75, 3.05) is 5.75 Å². The average Bonchev–Trinajstić information content (AvgIpc) is 2.82. The van der Waals surface area contributed by atoms with E-state index in [1.54, 1.807) is 0 Å². The van der Waals surface area contributed by atoms with Gasteiger partial charge in [0.05, 0.1) is 4.90 Å². The van der Waals surface area contributed by atoms with Gasteiger partial charge in [0, 0.05) is 5.92 Å². The van der Waals surface area contributed by atoms with Gasteiger partial charge in [0.25, 0.3) is 0 Å². The van der Waals surface area contributed by atoms with E-state index in [1.807, 2.05) is 0 Å². The SMILES string of the molecule is O=C(CS(=O)(=O)c1cccc(F)c1)C1CCCC1. The van der Waals surface area contributed by atoms with Gasteiger partial charge in [-0.15, -0.1) is 0 Å². The number of sulfone groups is 1. The van der Waals surface area contributed by atoms with Crippen LogP contribution in [0.2, 0.25) is 0 Å². The third-order valence-electron chi connectivity index (χ3n) is 3.30. The van der Waals surface area contributed by atoms with Crippen LogP contribution >= 0.6 is 0 Å². The Balaban J connectivity index is 2.14. The predicted octanol–water partition coefficient (Wildman–Crippen LogP) is 2.36. The molecule has 1 aliphatic carbocycles. The molecule has 1 aliphatic rings. The van der Waals surface area contributed by atoms with Gasteiger partial charge < -0.3 is 0 Å². The Hall–Kier alpha value is -1.23. The summed E-state index contributed by atoms with van der Waals surface area (Å²) in [6, 6.07) is 4.79. The monoisotopic (exact) mass is 270 g/mol. The minimum atomic E-state index is -3.71. The van der Waals surface area contributed by atoms with Gasteiger partial charge in [0.15, 0.2) is 15.6 Å². The van der Waals surface area contributed by atoms with E-state index in [9.17, 15) is 17.6 Å². The van der Waals surface area contributed by atoms with Crippen LogP contribution in [0.3, 0.4) is 0 Å². The molecule has 0 unspecified atom stereocenters. The van der Waals surface area contributed by atoms with Crippen LogP contribution in [-0.4, -0.2) is 20.0 Å². The van der Waals surface area contributed by atoms with Crippen molar-refractivity contribution in [3.8, 4) is 0 Å². The van der Waals surface area contributed by atoms with E-state index in [1.165, 1.54) is 18.2 Å². The van der Waals surface area contributed by atoms with Crippen LogP contribution in [0.5, 0.6) is 0 Å². The highest BCUT2D eigenvalue weighted by Gasteiger charge is 2.27. The minimum Gasteiger partial charge on any atom is -0.298 e. The van der Waals surface area contributed by atoms with E-state index in [4.69, 9.17) is 0 Å². The van der Waals surface area contributed by atoms with Crippen molar-refractivity contribution in [1.29, 1.82) is 0 Å². The highest BCUT2D eigenvalue weighted by molar-refractivity contribution is 7.92. The highest BCUT2D eigenvalue weighted by atomic mass is 32.2. The molecule has 18 heavy (non-hydrogen) atoms. The van der Waals surface area contributed by atoms with Gasteiger partial charge in [-0.2, -0.15) is 0 Å². The lowest BCUT2D eigenvalue weighted by atomic mass is 10.0. The fraction of sp³-hybridized carbons (Fsp3) is 0.462. The number of halogens is 1. The molecule has 98 valence electrons. The molecule has 0 heterocycles. The molecular formula is C13H15FO3S. The molecular weight excluding hydrogens is 255 g/mol. The topological polar surface area (TPSA) is 51.2 Å². The molecule has 0 bridgehead atoms. The van der Waals surface area contributed by atoms with Crippen molar-refractivity contribution in [3.63, 3.8) is 0 Å². The molecule has 1 fully saturated rings. The number of hydrogen-bond donors (Lipinski definition) is 0. The highest BCUT2D eigenvalue weighted by Crippen LogP contribution is 2.26. The van der Waals surface area contributed by atoms with Crippen molar-refractivity contribution >= 4 is 15.6 Å². The Kier molecular flexibility index (Phi) is 3.80. The van der Waals surface area contributed by atoms with E-state index < -0.39 is 21.4 Å². The number of ketones is 1. The summed E-state index contributed by atoms with van der Waals surface area (Å²) in [7, 11) is -3.71. The fourth-order valence-corrected chi connectivity index (χ4v) is 3.65. The van der Waals surface area contributed by atoms with Gasteiger partial charge in [0.1, 0.15) is 11.6 Å². The molecule has 0 aliphatic heterocycles. The van der Waals surface area contributed by atoms with Crippen LogP contribution < -0.4 is 0 Å². The zero-order valence-electron chi connectivity index (χ0n) is 9.93. The number of benzene rings is 1. The first kappa shape index (κ1) is 13.2. The molecule has 0 atom stereocenters. The number of Topliss-reactive ketones (excluding diaryl/α,β-unsaturated/α-hetero) is 1. The maximum absolute atomic E-state index is 13.0. The Bertz CT molecular complexity index is 545. The lowest BCUT2D eigenvalue weighted by Crippen LogP contribution is -2.22. The molecule has 0 spiro atoms. The summed E-state index contributed by atoms with van der Waals surface area (Å²) in [6.45, 7) is 0. The standard InChI is InChI=1S/C13H15FO3S/c14-11-6-3-7-12(8-11)18(16,17)9-13(15)10-4-1-2-5-10/h3,6-8,10H,1-2,4-5,9H2. The summed E-state index contributed by atoms with van der Waals surface area (Å²) in [5.74, 6) is -1.49. The summed E-state index contributed by atoms with van der Waals surface area (Å²) < 4.78 is 36.9. The second kappa shape index (κ2) is 5.18. The third kappa shape index (κ3) is 2.96. The van der Waals surface area contributed by atoms with Gasteiger partial charge in [0.2, 0.25) is 0 Å². The Morgan fingerprint density at radius 3 is 2.56 bits per heavy atom. The van der Waals surface area contributed by atoms with E-state index in [-0.39, 0.29) is 16.6 Å². The normalized spacial score (nSPS) is 16.9. The molecule has 1 saturated carbocycles. The summed E-state index contributed by atoms with van der Waals surface area (Å²) in [5, 5.41) is 0. The first-order chi connectivity index (χ1) is 8.49. The Labute approximate surface area is 106 Å². The smallest absolute Gasteiger partial charge is 0.185 e. The van der Waals surface area contributed by atoms with Crippen molar-refractivity contribution < 1.29 is 17.6 Å². The Morgan fingerprint density at radius 1 is 1.28 bits per heavy atom. The maximum atomic E-state index is 13.0. The maximum Gasteiger partial charge on any atom is 0.185 e. The molecule has 0 radical (unpaired) electrons. The zero-order chi connectivity index (χ0) is 13.2. The largest absolute Gasteiger partial charge is 0.298 e. The summed E-state index contributed by atoms with van der Waals surface area (Å²) in [6.07, 6.45) is 3.52. The average molecular weight is 270 g/mol. The first-order valence-corrected chi connectivity index (χ1v) is 7.65. The molecule has 0 amide bonds. The summed E-state index contributed by atoms with van der Waals surface area (Å²) in [5.41, 5.74) is 0. The summed E-state index contributed by atoms with van der Waals surface area (Å²) in [4.78, 5) is 11.7. The molecule has 0 N–H and O–H groups in total. The molecule has 1 aromatic rings. The molecule has 0 aromatic heterocycles. The number of hydrogen-bond acceptors (Lipinski definition) is 3. The number of carbonyl (C=O) groups excluding carboxylic acids is 1. The van der Waals surface area contributed by atoms with Crippen molar-refractivity contribution in [3.05, 3.63) is 30.1 Å². The van der Waals surface area contributed by atoms with Gasteiger partial charge in [-0.05, 0) is 31.0 Å². The second-order valence-corrected chi connectivity index (χ2v) is 6.65. The van der Waals surface area contributed by atoms with Crippen LogP contribution in [0.4, 0.5) is 4.39 Å². The second-order valence-electron chi connectivity index (χ2n) is 4.66. The zero-order valence-corrected chi connectivity index (χ0v) is 10.7. The lowest BCUT2D eigenvalue weighted by Gasteiger charge is -2.08. The molecule has 3 nitrogen and oxygen atoms in total. The summed E-state index contributed by atoms with van der Waals surface area (Å²) >= 11 is 0. The van der Waals surface area contributed by atoms with Crippen LogP contribution in [0.1, 0.15) is 25.7 Å². The van der Waals surface area contributed by atoms with Crippen LogP contribution in [0.15, 0.2) is 29.2 Å². The quantitative estimate of drug-likeness (QED) is 0.844. The van der Waals surface area contributed by atoms with Crippen LogP contribution in [-0.2, 0) is 14.6 Å². The van der Waals surface area contributed by atoms with E-state index in [0.29, 0.717) is 0 Å². The first-order valence-electron chi connectivity index (χ1n) is 6.00. The van der Waals surface area contributed by atoms with Crippen molar-refractivity contribution in [2.45, 2.75) is 30.6 Å². The van der Waals surface area contributed by atoms with E-state index in [2.05, 4.69) is 0 Å². The van der Waals surface area contributed by atoms with E-state index >= 15 is 0 Å². The fourth-order valence-electron chi connectivity index (χ4n) is 2.30. The molecule has 1 aromatic carbocycles. The van der Waals surface area contributed by atoms with Gasteiger partial charge in [-0.3, -0.25) is 4.79 Å². The molecule has 0 saturated heterocycles. The molecule has 2 rings (SSSR count). The van der Waals surface area contributed by atoms with E-state index in [0.717, 1.165) is 31.7 Å². The van der Waals surface area contributed by atoms with Crippen LogP contribution in [0.25, 0.3) is 0 Å². The molecule has 5 heteroatoms. The van der Waals surface area contributed by atoms with Crippen molar-refractivity contribution in [2.24, 2.45) is 5.92 Å². The van der Waals surface area contributed by atoms with Gasteiger partial charge >= 0.3 is 0 Å². The number of carbonyl (C=O) groups is 1. The van der Waals surface area contributed by atoms with Gasteiger partial charge in [-0.25, -0.2) is 12.8 Å². The lowest BCUT2D eigenvalue weighted by molar-refractivity contribution is -0.120.